The molecule has 3 aromatic rings. The van der Waals surface area contributed by atoms with Crippen LogP contribution in [0.3, 0.4) is 0 Å². The molecule has 0 spiro atoms. The van der Waals surface area contributed by atoms with Crippen molar-refractivity contribution in [3.63, 3.8) is 0 Å². The summed E-state index contributed by atoms with van der Waals surface area (Å²) in [7, 11) is 0. The molecular formula is C19H15NO3. The quantitative estimate of drug-likeness (QED) is 0.587. The van der Waals surface area contributed by atoms with Crippen molar-refractivity contribution in [3.8, 4) is 5.75 Å². The van der Waals surface area contributed by atoms with Gasteiger partial charge in [-0.2, -0.15) is 0 Å². The van der Waals surface area contributed by atoms with E-state index in [9.17, 15) is 9.59 Å². The normalized spacial score (nSPS) is 10.3. The van der Waals surface area contributed by atoms with Crippen molar-refractivity contribution in [1.29, 1.82) is 0 Å². The Balaban J connectivity index is 2.00. The number of benzene rings is 3. The molecule has 3 aromatic carbocycles. The highest BCUT2D eigenvalue weighted by atomic mass is 16.5. The Labute approximate surface area is 133 Å². The average molecular weight is 305 g/mol. The van der Waals surface area contributed by atoms with E-state index in [4.69, 9.17) is 4.74 Å². The van der Waals surface area contributed by atoms with Gasteiger partial charge in [-0.3, -0.25) is 9.59 Å². The monoisotopic (exact) mass is 305 g/mol. The molecule has 0 unspecified atom stereocenters. The van der Waals surface area contributed by atoms with E-state index in [1.165, 1.54) is 6.92 Å². The molecule has 0 aliphatic heterocycles. The van der Waals surface area contributed by atoms with Crippen molar-refractivity contribution >= 4 is 28.3 Å². The zero-order valence-corrected chi connectivity index (χ0v) is 12.6. The summed E-state index contributed by atoms with van der Waals surface area (Å²) in [5.41, 5.74) is 1.14. The summed E-state index contributed by atoms with van der Waals surface area (Å²) in [6, 6.07) is 20.0. The average Bonchev–Trinajstić information content (AvgIpc) is 2.55. The highest BCUT2D eigenvalue weighted by Gasteiger charge is 2.12. The SMILES string of the molecule is CC(=O)Oc1cc(C(=O)Nc2ccccc2)cc2ccccc12. The van der Waals surface area contributed by atoms with Gasteiger partial charge in [0.2, 0.25) is 0 Å². The van der Waals surface area contributed by atoms with Crippen molar-refractivity contribution in [2.24, 2.45) is 0 Å². The van der Waals surface area contributed by atoms with Gasteiger partial charge in [-0.15, -0.1) is 0 Å². The summed E-state index contributed by atoms with van der Waals surface area (Å²) in [6.07, 6.45) is 0. The Morgan fingerprint density at radius 2 is 1.61 bits per heavy atom. The second-order valence-corrected chi connectivity index (χ2v) is 5.11. The zero-order valence-electron chi connectivity index (χ0n) is 12.6. The van der Waals surface area contributed by atoms with Crippen LogP contribution < -0.4 is 10.1 Å². The molecule has 0 saturated carbocycles. The molecule has 4 heteroatoms. The Hall–Kier alpha value is -3.14. The smallest absolute Gasteiger partial charge is 0.308 e. The number of nitrogens with one attached hydrogen (secondary N) is 1. The van der Waals surface area contributed by atoms with Gasteiger partial charge < -0.3 is 10.1 Å². The van der Waals surface area contributed by atoms with Crippen LogP contribution in [-0.2, 0) is 4.79 Å². The van der Waals surface area contributed by atoms with E-state index < -0.39 is 5.97 Å². The molecule has 0 aromatic heterocycles. The summed E-state index contributed by atoms with van der Waals surface area (Å²) in [6.45, 7) is 1.34. The van der Waals surface area contributed by atoms with E-state index in [2.05, 4.69) is 5.32 Å². The molecule has 23 heavy (non-hydrogen) atoms. The summed E-state index contributed by atoms with van der Waals surface area (Å²) in [5, 5.41) is 4.45. The molecule has 0 heterocycles. The third-order valence-corrected chi connectivity index (χ3v) is 3.37. The number of carbonyl (C=O) groups excluding carboxylic acids is 2. The van der Waals surface area contributed by atoms with Gasteiger partial charge in [0.25, 0.3) is 5.91 Å². The van der Waals surface area contributed by atoms with Crippen LogP contribution in [0.15, 0.2) is 66.7 Å². The Kier molecular flexibility index (Phi) is 4.06. The first kappa shape index (κ1) is 14.8. The van der Waals surface area contributed by atoms with E-state index >= 15 is 0 Å². The fourth-order valence-electron chi connectivity index (χ4n) is 2.37. The number of amides is 1. The van der Waals surface area contributed by atoms with Crippen LogP contribution in [0.2, 0.25) is 0 Å². The van der Waals surface area contributed by atoms with Crippen LogP contribution in [-0.4, -0.2) is 11.9 Å². The van der Waals surface area contributed by atoms with Gasteiger partial charge in [0.1, 0.15) is 5.75 Å². The molecule has 0 bridgehead atoms. The van der Waals surface area contributed by atoms with E-state index in [1.807, 2.05) is 54.6 Å². The molecule has 1 N–H and O–H groups in total. The third kappa shape index (κ3) is 3.37. The standard InChI is InChI=1S/C19H15NO3/c1-13(21)23-18-12-15(11-14-7-5-6-10-17(14)18)19(22)20-16-8-3-2-4-9-16/h2-12H,1H3,(H,20,22). The predicted octanol–water partition coefficient (Wildman–Crippen LogP) is 4.02. The van der Waals surface area contributed by atoms with Crippen molar-refractivity contribution in [2.75, 3.05) is 5.32 Å². The molecule has 3 rings (SSSR count). The molecular weight excluding hydrogens is 290 g/mol. The predicted molar refractivity (Wildman–Crippen MR) is 89.7 cm³/mol. The van der Waals surface area contributed by atoms with E-state index in [0.717, 1.165) is 10.8 Å². The van der Waals surface area contributed by atoms with Gasteiger partial charge in [0, 0.05) is 23.6 Å². The molecule has 0 fully saturated rings. The number of carbonyl (C=O) groups is 2. The van der Waals surface area contributed by atoms with Gasteiger partial charge in [0.05, 0.1) is 0 Å². The second kappa shape index (κ2) is 6.32. The van der Waals surface area contributed by atoms with Crippen LogP contribution >= 0.6 is 0 Å². The minimum Gasteiger partial charge on any atom is -0.426 e. The highest BCUT2D eigenvalue weighted by molar-refractivity contribution is 6.07. The lowest BCUT2D eigenvalue weighted by Crippen LogP contribution is -2.12. The maximum absolute atomic E-state index is 12.4. The minimum absolute atomic E-state index is 0.254. The van der Waals surface area contributed by atoms with Gasteiger partial charge in [-0.05, 0) is 29.7 Å². The molecule has 0 aliphatic carbocycles. The van der Waals surface area contributed by atoms with E-state index in [0.29, 0.717) is 17.0 Å². The van der Waals surface area contributed by atoms with Crippen molar-refractivity contribution in [3.05, 3.63) is 72.3 Å². The summed E-state index contributed by atoms with van der Waals surface area (Å²) >= 11 is 0. The molecule has 0 atom stereocenters. The Morgan fingerprint density at radius 3 is 2.35 bits per heavy atom. The maximum atomic E-state index is 12.4. The minimum atomic E-state index is -0.421. The first-order chi connectivity index (χ1) is 11.1. The molecule has 0 radical (unpaired) electrons. The lowest BCUT2D eigenvalue weighted by atomic mass is 10.1. The largest absolute Gasteiger partial charge is 0.426 e. The third-order valence-electron chi connectivity index (χ3n) is 3.37. The number of para-hydroxylation sites is 1. The van der Waals surface area contributed by atoms with Crippen molar-refractivity contribution in [1.82, 2.24) is 0 Å². The van der Waals surface area contributed by atoms with Crippen LogP contribution in [0.5, 0.6) is 5.75 Å². The fraction of sp³-hybridized carbons (Fsp3) is 0.0526. The highest BCUT2D eigenvalue weighted by Crippen LogP contribution is 2.28. The van der Waals surface area contributed by atoms with Crippen LogP contribution in [0, 0.1) is 0 Å². The van der Waals surface area contributed by atoms with Crippen molar-refractivity contribution < 1.29 is 14.3 Å². The molecule has 4 nitrogen and oxygen atoms in total. The summed E-state index contributed by atoms with van der Waals surface area (Å²) < 4.78 is 5.25. The van der Waals surface area contributed by atoms with Crippen LogP contribution in [0.1, 0.15) is 17.3 Å². The first-order valence-electron chi connectivity index (χ1n) is 7.21. The maximum Gasteiger partial charge on any atom is 0.308 e. The number of fused-ring (bicyclic) bond motifs is 1. The number of esters is 1. The number of ether oxygens (including phenoxy) is 1. The molecule has 114 valence electrons. The van der Waals surface area contributed by atoms with Gasteiger partial charge in [-0.1, -0.05) is 42.5 Å². The number of anilines is 1. The van der Waals surface area contributed by atoms with Gasteiger partial charge in [0.15, 0.2) is 0 Å². The second-order valence-electron chi connectivity index (χ2n) is 5.11. The van der Waals surface area contributed by atoms with E-state index in [-0.39, 0.29) is 5.91 Å². The fourth-order valence-corrected chi connectivity index (χ4v) is 2.37. The van der Waals surface area contributed by atoms with Gasteiger partial charge >= 0.3 is 5.97 Å². The molecule has 1 amide bonds. The lowest BCUT2D eigenvalue weighted by Gasteiger charge is -2.10. The summed E-state index contributed by atoms with van der Waals surface area (Å²) in [4.78, 5) is 23.8. The van der Waals surface area contributed by atoms with Crippen molar-refractivity contribution in [2.45, 2.75) is 6.92 Å². The van der Waals surface area contributed by atoms with Gasteiger partial charge in [-0.25, -0.2) is 0 Å². The van der Waals surface area contributed by atoms with Crippen LogP contribution in [0.4, 0.5) is 5.69 Å². The Bertz CT molecular complexity index is 872. The number of rotatable bonds is 3. The van der Waals surface area contributed by atoms with E-state index in [1.54, 1.807) is 12.1 Å². The number of hydrogen-bond acceptors (Lipinski definition) is 3. The molecule has 0 saturated heterocycles. The topological polar surface area (TPSA) is 55.4 Å². The summed E-state index contributed by atoms with van der Waals surface area (Å²) in [5.74, 6) is -0.292. The number of hydrogen-bond donors (Lipinski definition) is 1. The first-order valence-corrected chi connectivity index (χ1v) is 7.21. The Morgan fingerprint density at radius 1 is 0.913 bits per heavy atom. The lowest BCUT2D eigenvalue weighted by molar-refractivity contribution is -0.131. The molecule has 0 aliphatic rings. The zero-order chi connectivity index (χ0) is 16.2. The van der Waals surface area contributed by atoms with Crippen LogP contribution in [0.25, 0.3) is 10.8 Å².